The second kappa shape index (κ2) is 7.31. The number of hydrogen-bond donors (Lipinski definition) is 1. The van der Waals surface area contributed by atoms with Crippen LogP contribution in [-0.2, 0) is 4.74 Å². The number of amidine groups is 1. The van der Waals surface area contributed by atoms with E-state index in [1.54, 1.807) is 18.2 Å². The lowest BCUT2D eigenvalue weighted by Gasteiger charge is -2.03. The number of ether oxygens (including phenoxy) is 1. The minimum absolute atomic E-state index is 0.0985. The summed E-state index contributed by atoms with van der Waals surface area (Å²) >= 11 is 0. The van der Waals surface area contributed by atoms with Crippen molar-refractivity contribution in [1.82, 2.24) is 0 Å². The van der Waals surface area contributed by atoms with Crippen molar-refractivity contribution in [1.29, 1.82) is 0 Å². The lowest BCUT2D eigenvalue weighted by molar-refractivity contribution is 0.0600. The molecule has 23 heavy (non-hydrogen) atoms. The van der Waals surface area contributed by atoms with Crippen LogP contribution in [0.15, 0.2) is 53.5 Å². The molecule has 0 heterocycles. The zero-order valence-electron chi connectivity index (χ0n) is 12.5. The lowest BCUT2D eigenvalue weighted by Crippen LogP contribution is -2.16. The van der Waals surface area contributed by atoms with E-state index >= 15 is 0 Å². The first-order valence-electron chi connectivity index (χ1n) is 6.80. The zero-order valence-corrected chi connectivity index (χ0v) is 12.5. The molecule has 0 saturated heterocycles. The van der Waals surface area contributed by atoms with Gasteiger partial charge in [-0.3, -0.25) is 4.79 Å². The molecule has 2 rings (SSSR count). The van der Waals surface area contributed by atoms with E-state index in [1.807, 2.05) is 0 Å². The Hall–Kier alpha value is -3.02. The van der Waals surface area contributed by atoms with Gasteiger partial charge in [-0.15, -0.1) is 0 Å². The summed E-state index contributed by atoms with van der Waals surface area (Å²) < 4.78 is 17.5. The summed E-state index contributed by atoms with van der Waals surface area (Å²) in [6, 6.07) is 11.6. The molecule has 0 amide bonds. The zero-order chi connectivity index (χ0) is 16.8. The van der Waals surface area contributed by atoms with Gasteiger partial charge in [-0.05, 0) is 42.5 Å². The summed E-state index contributed by atoms with van der Waals surface area (Å²) in [6.07, 6.45) is -0.103. The van der Waals surface area contributed by atoms with Crippen LogP contribution in [0.3, 0.4) is 0 Å². The van der Waals surface area contributed by atoms with E-state index in [2.05, 4.69) is 9.73 Å². The van der Waals surface area contributed by atoms with Crippen LogP contribution in [0.1, 0.15) is 27.1 Å². The topological polar surface area (TPSA) is 81.8 Å². The molecule has 0 aliphatic heterocycles. The van der Waals surface area contributed by atoms with E-state index in [1.165, 1.54) is 37.4 Å². The third-order valence-corrected chi connectivity index (χ3v) is 3.05. The standard InChI is InChI=1S/C17H15FN2O3/c1-23-17(22)12-3-2-4-14(9-12)20-16(19)10-15(21)11-5-7-13(18)8-6-11/h2-9H,10H2,1H3,(H2,19,20). The van der Waals surface area contributed by atoms with Gasteiger partial charge in [-0.25, -0.2) is 14.2 Å². The molecule has 0 aliphatic carbocycles. The molecular formula is C17H15FN2O3. The van der Waals surface area contributed by atoms with E-state index in [0.29, 0.717) is 16.8 Å². The minimum atomic E-state index is -0.483. The van der Waals surface area contributed by atoms with E-state index in [0.717, 1.165) is 0 Å². The van der Waals surface area contributed by atoms with Crippen LogP contribution in [0.5, 0.6) is 0 Å². The van der Waals surface area contributed by atoms with Crippen LogP contribution in [-0.4, -0.2) is 24.7 Å². The molecule has 2 aromatic rings. The number of Topliss-reactive ketones (excluding diaryl/α,β-unsaturated/α-hetero) is 1. The van der Waals surface area contributed by atoms with Gasteiger partial charge in [0.1, 0.15) is 11.7 Å². The maximum Gasteiger partial charge on any atom is 0.337 e. The van der Waals surface area contributed by atoms with Gasteiger partial charge in [0, 0.05) is 5.56 Å². The summed E-state index contributed by atoms with van der Waals surface area (Å²) in [5.41, 5.74) is 6.91. The first-order chi connectivity index (χ1) is 11.0. The largest absolute Gasteiger partial charge is 0.465 e. The fourth-order valence-electron chi connectivity index (χ4n) is 1.93. The molecule has 6 heteroatoms. The third kappa shape index (κ3) is 4.47. The van der Waals surface area contributed by atoms with Gasteiger partial charge in [0.2, 0.25) is 0 Å². The van der Waals surface area contributed by atoms with Gasteiger partial charge in [-0.1, -0.05) is 6.07 Å². The van der Waals surface area contributed by atoms with Gasteiger partial charge < -0.3 is 10.5 Å². The third-order valence-electron chi connectivity index (χ3n) is 3.05. The summed E-state index contributed by atoms with van der Waals surface area (Å²) in [7, 11) is 1.29. The van der Waals surface area contributed by atoms with E-state index in [9.17, 15) is 14.0 Å². The molecular weight excluding hydrogens is 299 g/mol. The van der Waals surface area contributed by atoms with Crippen molar-refractivity contribution in [2.75, 3.05) is 7.11 Å². The Balaban J connectivity index is 2.12. The van der Waals surface area contributed by atoms with Gasteiger partial charge in [0.05, 0.1) is 24.8 Å². The molecule has 118 valence electrons. The van der Waals surface area contributed by atoms with Crippen LogP contribution < -0.4 is 5.73 Å². The van der Waals surface area contributed by atoms with Gasteiger partial charge >= 0.3 is 5.97 Å². The fraction of sp³-hybridized carbons (Fsp3) is 0.118. The molecule has 0 aliphatic rings. The number of esters is 1. The summed E-state index contributed by atoms with van der Waals surface area (Å²) in [6.45, 7) is 0. The number of nitrogens with two attached hydrogens (primary N) is 1. The normalized spacial score (nSPS) is 11.1. The number of nitrogens with zero attached hydrogens (tertiary/aromatic N) is 1. The quantitative estimate of drug-likeness (QED) is 0.398. The Morgan fingerprint density at radius 1 is 1.13 bits per heavy atom. The van der Waals surface area contributed by atoms with Crippen molar-refractivity contribution in [3.05, 3.63) is 65.5 Å². The predicted molar refractivity (Wildman–Crippen MR) is 84.4 cm³/mol. The molecule has 5 nitrogen and oxygen atoms in total. The van der Waals surface area contributed by atoms with Crippen molar-refractivity contribution in [3.8, 4) is 0 Å². The molecule has 0 unspecified atom stereocenters. The second-order valence-corrected chi connectivity index (χ2v) is 4.75. The van der Waals surface area contributed by atoms with Crippen molar-refractivity contribution >= 4 is 23.3 Å². The average Bonchev–Trinajstić information content (AvgIpc) is 2.54. The highest BCUT2D eigenvalue weighted by molar-refractivity contribution is 6.09. The Bertz CT molecular complexity index is 755. The first-order valence-corrected chi connectivity index (χ1v) is 6.80. The molecule has 0 fully saturated rings. The second-order valence-electron chi connectivity index (χ2n) is 4.75. The van der Waals surface area contributed by atoms with E-state index < -0.39 is 11.8 Å². The van der Waals surface area contributed by atoms with Gasteiger partial charge in [0.15, 0.2) is 5.78 Å². The lowest BCUT2D eigenvalue weighted by atomic mass is 10.1. The number of carbonyl (C=O) groups excluding carboxylic acids is 2. The molecule has 2 aromatic carbocycles. The number of hydrogen-bond acceptors (Lipinski definition) is 4. The predicted octanol–water partition coefficient (Wildman–Crippen LogP) is 2.87. The van der Waals surface area contributed by atoms with Crippen LogP contribution in [0.4, 0.5) is 10.1 Å². The van der Waals surface area contributed by atoms with Crippen LogP contribution in [0.2, 0.25) is 0 Å². The first kappa shape index (κ1) is 16.4. The van der Waals surface area contributed by atoms with Crippen molar-refractivity contribution in [2.24, 2.45) is 10.7 Å². The minimum Gasteiger partial charge on any atom is -0.465 e. The number of ketones is 1. The number of benzene rings is 2. The van der Waals surface area contributed by atoms with Crippen LogP contribution in [0.25, 0.3) is 0 Å². The number of halogens is 1. The van der Waals surface area contributed by atoms with Crippen molar-refractivity contribution in [3.63, 3.8) is 0 Å². The maximum atomic E-state index is 12.8. The molecule has 0 aromatic heterocycles. The molecule has 0 saturated carbocycles. The van der Waals surface area contributed by atoms with E-state index in [4.69, 9.17) is 5.73 Å². The average molecular weight is 314 g/mol. The summed E-state index contributed by atoms with van der Waals surface area (Å²) in [5.74, 6) is -1.07. The summed E-state index contributed by atoms with van der Waals surface area (Å²) in [4.78, 5) is 27.6. The maximum absolute atomic E-state index is 12.8. The Morgan fingerprint density at radius 3 is 2.48 bits per heavy atom. The van der Waals surface area contributed by atoms with Gasteiger partial charge in [-0.2, -0.15) is 0 Å². The number of aliphatic imine (C=N–C) groups is 1. The highest BCUT2D eigenvalue weighted by Crippen LogP contribution is 2.15. The van der Waals surface area contributed by atoms with Crippen molar-refractivity contribution in [2.45, 2.75) is 6.42 Å². The Labute approximate surface area is 132 Å². The molecule has 0 spiro atoms. The number of methoxy groups -OCH3 is 1. The highest BCUT2D eigenvalue weighted by atomic mass is 19.1. The van der Waals surface area contributed by atoms with Crippen LogP contribution >= 0.6 is 0 Å². The number of rotatable bonds is 5. The van der Waals surface area contributed by atoms with Crippen molar-refractivity contribution < 1.29 is 18.7 Å². The molecule has 0 atom stereocenters. The molecule has 2 N–H and O–H groups in total. The molecule has 0 bridgehead atoms. The summed E-state index contributed by atoms with van der Waals surface area (Å²) in [5, 5.41) is 0. The van der Waals surface area contributed by atoms with E-state index in [-0.39, 0.29) is 18.0 Å². The monoisotopic (exact) mass is 314 g/mol. The fourth-order valence-corrected chi connectivity index (χ4v) is 1.93. The highest BCUT2D eigenvalue weighted by Gasteiger charge is 2.09. The Morgan fingerprint density at radius 2 is 1.83 bits per heavy atom. The van der Waals surface area contributed by atoms with Crippen LogP contribution in [0, 0.1) is 5.82 Å². The van der Waals surface area contributed by atoms with Gasteiger partial charge in [0.25, 0.3) is 0 Å². The smallest absolute Gasteiger partial charge is 0.337 e. The molecule has 0 radical (unpaired) electrons. The number of carbonyl (C=O) groups is 2. The SMILES string of the molecule is COC(=O)c1cccc(N=C(N)CC(=O)c2ccc(F)cc2)c1. The Kier molecular flexibility index (Phi) is 5.19.